The van der Waals surface area contributed by atoms with Gasteiger partial charge in [0.15, 0.2) is 5.78 Å². The van der Waals surface area contributed by atoms with Crippen LogP contribution >= 0.6 is 23.2 Å². The largest absolute Gasteiger partial charge is 0.396 e. The highest BCUT2D eigenvalue weighted by Crippen LogP contribution is 2.29. The normalized spacial score (nSPS) is 10.9. The molecule has 2 aromatic carbocycles. The van der Waals surface area contributed by atoms with E-state index >= 15 is 0 Å². The van der Waals surface area contributed by atoms with Crippen molar-refractivity contribution < 1.29 is 4.79 Å². The number of nitrogens with two attached hydrogens (primary N) is 1. The molecule has 110 valence electrons. The van der Waals surface area contributed by atoms with E-state index in [4.69, 9.17) is 28.9 Å². The minimum absolute atomic E-state index is 0.107. The topological polar surface area (TPSA) is 43.1 Å². The second kappa shape index (κ2) is 6.50. The second-order valence-corrected chi connectivity index (χ2v) is 6.30. The van der Waals surface area contributed by atoms with E-state index in [9.17, 15) is 4.79 Å². The van der Waals surface area contributed by atoms with Crippen LogP contribution in [-0.2, 0) is 6.42 Å². The van der Waals surface area contributed by atoms with E-state index in [1.54, 1.807) is 18.2 Å². The molecular formula is C17H17Cl2NO. The van der Waals surface area contributed by atoms with Crippen molar-refractivity contribution in [2.45, 2.75) is 20.3 Å². The molecule has 0 atom stereocenters. The van der Waals surface area contributed by atoms with E-state index in [1.807, 2.05) is 18.2 Å². The smallest absolute Gasteiger partial charge is 0.193 e. The van der Waals surface area contributed by atoms with Crippen LogP contribution in [0.2, 0.25) is 10.0 Å². The number of hydrogen-bond acceptors (Lipinski definition) is 2. The number of benzene rings is 2. The van der Waals surface area contributed by atoms with Gasteiger partial charge >= 0.3 is 0 Å². The zero-order chi connectivity index (χ0) is 15.6. The summed E-state index contributed by atoms with van der Waals surface area (Å²) in [7, 11) is 0. The number of rotatable bonds is 4. The summed E-state index contributed by atoms with van der Waals surface area (Å²) in [6, 6.07) is 10.7. The predicted octanol–water partition coefficient (Wildman–Crippen LogP) is 5.01. The molecule has 0 aliphatic rings. The zero-order valence-corrected chi connectivity index (χ0v) is 13.5. The Labute approximate surface area is 134 Å². The summed E-state index contributed by atoms with van der Waals surface area (Å²) >= 11 is 12.0. The first kappa shape index (κ1) is 15.9. The average molecular weight is 322 g/mol. The lowest BCUT2D eigenvalue weighted by Gasteiger charge is -2.09. The van der Waals surface area contributed by atoms with Gasteiger partial charge in [-0.25, -0.2) is 0 Å². The van der Waals surface area contributed by atoms with Crippen molar-refractivity contribution >= 4 is 34.7 Å². The van der Waals surface area contributed by atoms with E-state index < -0.39 is 0 Å². The molecule has 2 rings (SSSR count). The first-order chi connectivity index (χ1) is 9.88. The van der Waals surface area contributed by atoms with Gasteiger partial charge in [-0.05, 0) is 36.1 Å². The van der Waals surface area contributed by atoms with Crippen LogP contribution in [0.4, 0.5) is 5.69 Å². The number of carbonyl (C=O) groups excluding carboxylic acids is 1. The molecular weight excluding hydrogens is 305 g/mol. The third kappa shape index (κ3) is 3.78. The van der Waals surface area contributed by atoms with Crippen molar-refractivity contribution in [3.63, 3.8) is 0 Å². The Morgan fingerprint density at radius 1 is 1.10 bits per heavy atom. The van der Waals surface area contributed by atoms with Crippen LogP contribution in [0.25, 0.3) is 0 Å². The van der Waals surface area contributed by atoms with Gasteiger partial charge in [0, 0.05) is 11.1 Å². The summed E-state index contributed by atoms with van der Waals surface area (Å²) in [6.07, 6.45) is 0.935. The predicted molar refractivity (Wildman–Crippen MR) is 89.3 cm³/mol. The van der Waals surface area contributed by atoms with Crippen molar-refractivity contribution in [1.82, 2.24) is 0 Å². The highest BCUT2D eigenvalue weighted by Gasteiger charge is 2.14. The number of anilines is 1. The van der Waals surface area contributed by atoms with E-state index in [2.05, 4.69) is 13.8 Å². The van der Waals surface area contributed by atoms with E-state index in [0.29, 0.717) is 32.8 Å². The zero-order valence-electron chi connectivity index (χ0n) is 12.0. The van der Waals surface area contributed by atoms with Crippen LogP contribution in [0.3, 0.4) is 0 Å². The van der Waals surface area contributed by atoms with Crippen LogP contribution in [-0.4, -0.2) is 5.78 Å². The highest BCUT2D eigenvalue weighted by atomic mass is 35.5. The monoisotopic (exact) mass is 321 g/mol. The molecule has 0 bridgehead atoms. The molecule has 0 fully saturated rings. The van der Waals surface area contributed by atoms with Gasteiger partial charge in [-0.2, -0.15) is 0 Å². The van der Waals surface area contributed by atoms with Gasteiger partial charge in [0.25, 0.3) is 0 Å². The van der Waals surface area contributed by atoms with Gasteiger partial charge in [0.05, 0.1) is 15.7 Å². The van der Waals surface area contributed by atoms with E-state index in [1.165, 1.54) is 0 Å². The molecule has 2 N–H and O–H groups in total. The first-order valence-corrected chi connectivity index (χ1v) is 7.52. The number of halogens is 2. The summed E-state index contributed by atoms with van der Waals surface area (Å²) in [5.74, 6) is 0.431. The van der Waals surface area contributed by atoms with E-state index in [0.717, 1.165) is 12.0 Å². The van der Waals surface area contributed by atoms with Gasteiger partial charge in [0.2, 0.25) is 0 Å². The molecule has 0 aromatic heterocycles. The van der Waals surface area contributed by atoms with Crippen molar-refractivity contribution in [3.8, 4) is 0 Å². The van der Waals surface area contributed by atoms with Crippen LogP contribution < -0.4 is 5.73 Å². The molecule has 0 unspecified atom stereocenters. The van der Waals surface area contributed by atoms with Crippen molar-refractivity contribution in [2.24, 2.45) is 5.92 Å². The fourth-order valence-electron chi connectivity index (χ4n) is 2.19. The van der Waals surface area contributed by atoms with Crippen LogP contribution in [0, 0.1) is 5.92 Å². The average Bonchev–Trinajstić information content (AvgIpc) is 2.43. The summed E-state index contributed by atoms with van der Waals surface area (Å²) in [6.45, 7) is 4.29. The molecule has 0 amide bonds. The maximum absolute atomic E-state index is 12.5. The molecule has 0 saturated heterocycles. The Balaban J connectivity index is 2.36. The molecule has 0 spiro atoms. The third-order valence-corrected chi connectivity index (χ3v) is 3.80. The molecule has 2 nitrogen and oxygen atoms in total. The molecule has 4 heteroatoms. The Morgan fingerprint density at radius 2 is 1.71 bits per heavy atom. The molecule has 0 aliphatic carbocycles. The minimum atomic E-state index is -0.107. The fourth-order valence-corrected chi connectivity index (χ4v) is 2.68. The maximum atomic E-state index is 12.5. The first-order valence-electron chi connectivity index (χ1n) is 6.76. The fraction of sp³-hybridized carbons (Fsp3) is 0.235. The minimum Gasteiger partial charge on any atom is -0.396 e. The number of hydrogen-bond donors (Lipinski definition) is 1. The summed E-state index contributed by atoms with van der Waals surface area (Å²) in [4.78, 5) is 12.5. The van der Waals surface area contributed by atoms with Crippen molar-refractivity contribution in [1.29, 1.82) is 0 Å². The van der Waals surface area contributed by atoms with E-state index in [-0.39, 0.29) is 5.78 Å². The molecule has 0 aliphatic heterocycles. The van der Waals surface area contributed by atoms with Gasteiger partial charge in [-0.3, -0.25) is 4.79 Å². The van der Waals surface area contributed by atoms with Crippen molar-refractivity contribution in [2.75, 3.05) is 5.73 Å². The number of ketones is 1. The summed E-state index contributed by atoms with van der Waals surface area (Å²) in [5.41, 5.74) is 8.21. The van der Waals surface area contributed by atoms with Crippen LogP contribution in [0.1, 0.15) is 35.3 Å². The van der Waals surface area contributed by atoms with Gasteiger partial charge in [-0.15, -0.1) is 0 Å². The standard InChI is InChI=1S/C17H17Cl2NO/c1-10(2)6-11-4-3-5-12(7-11)17(21)13-8-14(18)16(20)15(19)9-13/h3-5,7-10H,6,20H2,1-2H3. The Morgan fingerprint density at radius 3 is 2.29 bits per heavy atom. The van der Waals surface area contributed by atoms with Crippen LogP contribution in [0.15, 0.2) is 36.4 Å². The number of nitrogen functional groups attached to an aromatic ring is 1. The molecule has 0 heterocycles. The van der Waals surface area contributed by atoms with Gasteiger partial charge in [-0.1, -0.05) is 55.2 Å². The quantitative estimate of drug-likeness (QED) is 0.635. The molecule has 0 saturated carbocycles. The highest BCUT2D eigenvalue weighted by molar-refractivity contribution is 6.39. The SMILES string of the molecule is CC(C)Cc1cccc(C(=O)c2cc(Cl)c(N)c(Cl)c2)c1. The Hall–Kier alpha value is -1.51. The Bertz CT molecular complexity index is 657. The third-order valence-electron chi connectivity index (χ3n) is 3.17. The summed E-state index contributed by atoms with van der Waals surface area (Å²) in [5, 5.41) is 0.591. The summed E-state index contributed by atoms with van der Waals surface area (Å²) < 4.78 is 0. The molecule has 21 heavy (non-hydrogen) atoms. The second-order valence-electron chi connectivity index (χ2n) is 5.48. The lowest BCUT2D eigenvalue weighted by Crippen LogP contribution is -2.04. The van der Waals surface area contributed by atoms with Crippen molar-refractivity contribution in [3.05, 3.63) is 63.1 Å². The Kier molecular flexibility index (Phi) is 4.92. The van der Waals surface area contributed by atoms with Gasteiger partial charge in [0.1, 0.15) is 0 Å². The maximum Gasteiger partial charge on any atom is 0.193 e. The van der Waals surface area contributed by atoms with Gasteiger partial charge < -0.3 is 5.73 Å². The molecule has 2 aromatic rings. The lowest BCUT2D eigenvalue weighted by molar-refractivity contribution is 0.103. The van der Waals surface area contributed by atoms with Crippen LogP contribution in [0.5, 0.6) is 0 Å². The number of carbonyl (C=O) groups is 1. The molecule has 0 radical (unpaired) electrons. The lowest BCUT2D eigenvalue weighted by atomic mass is 9.97.